The smallest absolute Gasteiger partial charge is 0.102 e. The summed E-state index contributed by atoms with van der Waals surface area (Å²) in [6.07, 6.45) is 3.58. The number of aliphatic imine (C=N–C) groups is 1. The van der Waals surface area contributed by atoms with E-state index in [1.165, 1.54) is 48.5 Å². The molecule has 6 heteroatoms. The van der Waals surface area contributed by atoms with Crippen molar-refractivity contribution < 1.29 is 21.1 Å². The number of rotatable bonds is 8. The van der Waals surface area contributed by atoms with Crippen molar-refractivity contribution in [1.82, 2.24) is 4.98 Å². The molecule has 288 valence electrons. The second kappa shape index (κ2) is 24.1. The van der Waals surface area contributed by atoms with E-state index in [0.29, 0.717) is 0 Å². The Labute approximate surface area is 362 Å². The Morgan fingerprint density at radius 3 is 1.12 bits per heavy atom. The largest absolute Gasteiger partial charge is 0.255 e. The molecule has 0 saturated carbocycles. The predicted octanol–water partition coefficient (Wildman–Crippen LogP) is 10.8. The summed E-state index contributed by atoms with van der Waals surface area (Å²) < 4.78 is 0. The second-order valence-electron chi connectivity index (χ2n) is 13.1. The van der Waals surface area contributed by atoms with Crippen LogP contribution in [0.3, 0.4) is 0 Å². The Bertz CT molecular complexity index is 2000. The first-order chi connectivity index (χ1) is 27.1. The average molecular weight is 981 g/mol. The average Bonchev–Trinajstić information content (AvgIpc) is 3.24. The minimum Gasteiger partial charge on any atom is -0.255 e. The number of hydrogen-bond acceptors (Lipinski definition) is 2. The number of hydrogen-bond donors (Lipinski definition) is 0. The molecule has 0 radical (unpaired) electrons. The third-order valence-corrected chi connectivity index (χ3v) is 14.1. The minimum atomic E-state index is -0.877. The van der Waals surface area contributed by atoms with Gasteiger partial charge in [-0.05, 0) is 104 Å². The van der Waals surface area contributed by atoms with Crippen molar-refractivity contribution in [3.8, 4) is 0 Å². The van der Waals surface area contributed by atoms with Gasteiger partial charge in [-0.25, -0.2) is 0 Å². The van der Waals surface area contributed by atoms with Gasteiger partial charge in [0.25, 0.3) is 0 Å². The van der Waals surface area contributed by atoms with E-state index in [9.17, 15) is 0 Å². The summed E-state index contributed by atoms with van der Waals surface area (Å²) in [7, 11) is -1.32. The van der Waals surface area contributed by atoms with E-state index in [-0.39, 0.29) is 33.5 Å². The fourth-order valence-electron chi connectivity index (χ4n) is 6.45. The van der Waals surface area contributed by atoms with Crippen LogP contribution in [0.5, 0.6) is 0 Å². The fourth-order valence-corrected chi connectivity index (χ4v) is 11.3. The van der Waals surface area contributed by atoms with Crippen LogP contribution in [-0.4, -0.2) is 11.2 Å². The minimum absolute atomic E-state index is 0. The van der Waals surface area contributed by atoms with E-state index in [1.807, 2.05) is 24.4 Å². The Morgan fingerprint density at radius 2 is 0.789 bits per heavy atom. The van der Waals surface area contributed by atoms with Gasteiger partial charge in [-0.15, -0.1) is 12.4 Å². The fraction of sp³-hybridized carbons (Fsp3) is 0.0588. The standard InChI is InChI=1S/2C18H15P.C15H16N2.ClH.Pt/c2*1-4-10-16(11-5-1)19(17-12-6-2-7-13-17)18-14-8-3-9-15-18;1-11-8-12(2)15(13(3)9-11)17-10-14-6-4-5-7-16-14;;/h2*1-15H;4-10H,1-3H3;1H;/p+1. The Hall–Kier alpha value is -4.80. The number of aryl methyl sites for hydroxylation is 3. The molecule has 0 aliphatic carbocycles. The molecule has 57 heavy (non-hydrogen) atoms. The quantitative estimate of drug-likeness (QED) is 0.110. The monoisotopic (exact) mass is 980 g/mol. The zero-order chi connectivity index (χ0) is 38.1. The summed E-state index contributed by atoms with van der Waals surface area (Å²) in [6, 6.07) is 74.9. The molecule has 8 aromatic rings. The van der Waals surface area contributed by atoms with Crippen LogP contribution in [0, 0.1) is 20.8 Å². The molecule has 1 heterocycles. The van der Waals surface area contributed by atoms with Gasteiger partial charge in [0.1, 0.15) is 15.9 Å². The van der Waals surface area contributed by atoms with Crippen LogP contribution in [0.4, 0.5) is 5.69 Å². The molecule has 0 bridgehead atoms. The zero-order valence-corrected chi connectivity index (χ0v) is 37.4. The molecule has 8 rings (SSSR count). The summed E-state index contributed by atoms with van der Waals surface area (Å²) >= 11 is 0. The van der Waals surface area contributed by atoms with Crippen molar-refractivity contribution in [2.24, 2.45) is 4.99 Å². The molecular weight excluding hydrogens is 933 g/mol. The molecule has 0 unspecified atom stereocenters. The van der Waals surface area contributed by atoms with Gasteiger partial charge in [0.15, 0.2) is 0 Å². The molecule has 0 aliphatic heterocycles. The molecule has 0 atom stereocenters. The number of halogens is 1. The Morgan fingerprint density at radius 1 is 0.456 bits per heavy atom. The van der Waals surface area contributed by atoms with E-state index < -0.39 is 15.8 Å². The van der Waals surface area contributed by atoms with Crippen LogP contribution in [0.1, 0.15) is 22.4 Å². The normalized spacial score (nSPS) is 10.3. The molecule has 0 N–H and O–H groups in total. The van der Waals surface area contributed by atoms with Crippen molar-refractivity contribution in [2.75, 3.05) is 0 Å². The van der Waals surface area contributed by atoms with Crippen molar-refractivity contribution in [3.05, 3.63) is 241 Å². The summed E-state index contributed by atoms with van der Waals surface area (Å²) in [6.45, 7) is 6.28. The van der Waals surface area contributed by atoms with E-state index in [0.717, 1.165) is 11.4 Å². The van der Waals surface area contributed by atoms with Crippen LogP contribution in [0.2, 0.25) is 0 Å². The third-order valence-electron chi connectivity index (χ3n) is 8.88. The Kier molecular flexibility index (Phi) is 19.0. The number of nitrogens with zero attached hydrogens (tertiary/aromatic N) is 2. The summed E-state index contributed by atoms with van der Waals surface area (Å²) in [5.41, 5.74) is 5.61. The molecule has 1 aromatic heterocycles. The van der Waals surface area contributed by atoms with Gasteiger partial charge in [-0.1, -0.05) is 169 Å². The molecule has 7 aromatic carbocycles. The number of benzene rings is 7. The first-order valence-electron chi connectivity index (χ1n) is 18.6. The van der Waals surface area contributed by atoms with E-state index >= 15 is 0 Å². The second-order valence-corrected chi connectivity index (χ2v) is 17.8. The van der Waals surface area contributed by atoms with Gasteiger partial charge in [0.05, 0.1) is 25.5 Å². The van der Waals surface area contributed by atoms with Crippen LogP contribution in [0.15, 0.2) is 224 Å². The maximum atomic E-state index is 4.53. The molecule has 0 aliphatic rings. The van der Waals surface area contributed by atoms with Crippen LogP contribution in [0.25, 0.3) is 0 Å². The van der Waals surface area contributed by atoms with Crippen molar-refractivity contribution in [2.45, 2.75) is 20.8 Å². The summed E-state index contributed by atoms with van der Waals surface area (Å²) in [4.78, 5) is 8.75. The molecular formula is C51H48ClN2P2Pt+. The maximum Gasteiger partial charge on any atom is 0.102 e. The predicted molar refractivity (Wildman–Crippen MR) is 251 cm³/mol. The Balaban J connectivity index is 0.000000187. The van der Waals surface area contributed by atoms with Gasteiger partial charge < -0.3 is 0 Å². The van der Waals surface area contributed by atoms with E-state index in [2.05, 4.69) is 225 Å². The maximum absolute atomic E-state index is 4.53. The molecule has 0 spiro atoms. The number of aromatic nitrogens is 1. The van der Waals surface area contributed by atoms with E-state index in [4.69, 9.17) is 0 Å². The van der Waals surface area contributed by atoms with Crippen LogP contribution < -0.4 is 31.8 Å². The van der Waals surface area contributed by atoms with Gasteiger partial charge in [-0.2, -0.15) is 0 Å². The molecule has 2 nitrogen and oxygen atoms in total. The van der Waals surface area contributed by atoms with Gasteiger partial charge in [0, 0.05) is 27.3 Å². The molecule has 0 amide bonds. The van der Waals surface area contributed by atoms with Crippen molar-refractivity contribution >= 4 is 72.0 Å². The van der Waals surface area contributed by atoms with Gasteiger partial charge in [0.2, 0.25) is 0 Å². The van der Waals surface area contributed by atoms with Crippen molar-refractivity contribution in [3.63, 3.8) is 0 Å². The van der Waals surface area contributed by atoms with Gasteiger partial charge >= 0.3 is 0 Å². The first kappa shape index (κ1) is 44.9. The number of pyridine rings is 1. The molecule has 0 fully saturated rings. The van der Waals surface area contributed by atoms with Crippen molar-refractivity contribution in [1.29, 1.82) is 0 Å². The SMILES string of the molecule is Cc1cc(C)c(N=Cc2ccccn2)c(C)c1.Cl.[Pt].c1ccc(P(c2ccccc2)c2ccccc2)cc1.c1ccc([PH+](c2ccccc2)c2ccccc2)cc1. The summed E-state index contributed by atoms with van der Waals surface area (Å²) in [5.74, 6) is 0. The zero-order valence-electron chi connectivity index (χ0n) is 32.4. The first-order valence-corrected chi connectivity index (χ1v) is 21.4. The topological polar surface area (TPSA) is 25.2 Å². The summed E-state index contributed by atoms with van der Waals surface area (Å²) in [5, 5.41) is 8.50. The molecule has 0 saturated heterocycles. The van der Waals surface area contributed by atoms with E-state index in [1.54, 1.807) is 6.20 Å². The van der Waals surface area contributed by atoms with Gasteiger partial charge in [-0.3, -0.25) is 9.98 Å². The third kappa shape index (κ3) is 13.4. The van der Waals surface area contributed by atoms with Crippen LogP contribution in [-0.2, 0) is 21.1 Å². The van der Waals surface area contributed by atoms with Crippen LogP contribution >= 0.6 is 28.3 Å².